The molecule has 0 amide bonds. The molecule has 5 nitrogen and oxygen atoms in total. The molecule has 0 unspecified atom stereocenters. The lowest BCUT2D eigenvalue weighted by molar-refractivity contribution is 0.767. The molecule has 1 N–H and O–H groups in total. The highest BCUT2D eigenvalue weighted by atomic mass is 16.1. The van der Waals surface area contributed by atoms with Gasteiger partial charge < -0.3 is 9.88 Å². The van der Waals surface area contributed by atoms with E-state index >= 15 is 0 Å². The number of benzene rings is 1. The molecule has 0 aliphatic heterocycles. The average Bonchev–Trinajstić information content (AvgIpc) is 2.90. The van der Waals surface area contributed by atoms with E-state index in [1.165, 1.54) is 5.56 Å². The number of hydrogen-bond donors (Lipinski definition) is 1. The Bertz CT molecular complexity index is 832. The zero-order valence-electron chi connectivity index (χ0n) is 12.2. The van der Waals surface area contributed by atoms with Crippen molar-refractivity contribution in [2.75, 3.05) is 11.9 Å². The molecule has 5 heteroatoms. The summed E-state index contributed by atoms with van der Waals surface area (Å²) in [5.41, 5.74) is 3.00. The second-order valence-electron chi connectivity index (χ2n) is 5.17. The van der Waals surface area contributed by atoms with Gasteiger partial charge in [-0.1, -0.05) is 18.2 Å². The third-order valence-electron chi connectivity index (χ3n) is 3.64. The van der Waals surface area contributed by atoms with Crippen LogP contribution in [0, 0.1) is 0 Å². The molecule has 0 spiro atoms. The van der Waals surface area contributed by atoms with Crippen LogP contribution in [-0.4, -0.2) is 20.9 Å². The molecule has 0 aliphatic carbocycles. The predicted molar refractivity (Wildman–Crippen MR) is 84.6 cm³/mol. The lowest BCUT2D eigenvalue weighted by Gasteiger charge is -2.11. The minimum Gasteiger partial charge on any atom is -0.384 e. The second kappa shape index (κ2) is 5.44. The Hall–Kier alpha value is -2.56. The maximum atomic E-state index is 12.0. The highest BCUT2D eigenvalue weighted by Gasteiger charge is 2.05. The number of pyridine rings is 1. The van der Waals surface area contributed by atoms with Crippen LogP contribution in [0.1, 0.15) is 5.56 Å². The molecule has 0 bridgehead atoms. The van der Waals surface area contributed by atoms with Gasteiger partial charge in [-0.3, -0.25) is 9.48 Å². The van der Waals surface area contributed by atoms with E-state index in [1.54, 1.807) is 22.4 Å². The molecule has 108 valence electrons. The molecule has 0 saturated heterocycles. The molecule has 0 fully saturated rings. The van der Waals surface area contributed by atoms with Gasteiger partial charge in [-0.15, -0.1) is 0 Å². The smallest absolute Gasteiger partial charge is 0.252 e. The number of hydrogen-bond acceptors (Lipinski definition) is 3. The van der Waals surface area contributed by atoms with E-state index in [1.807, 2.05) is 43.7 Å². The first-order valence-electron chi connectivity index (χ1n) is 6.95. The van der Waals surface area contributed by atoms with E-state index in [0.29, 0.717) is 0 Å². The monoisotopic (exact) mass is 282 g/mol. The fraction of sp³-hybridized carbons (Fsp3) is 0.250. The van der Waals surface area contributed by atoms with Gasteiger partial charge in [-0.2, -0.15) is 5.10 Å². The SMILES string of the molecule is Cn1cc(CCNc2cc(=O)n(C)c3ccccc23)cn1. The molecule has 2 aromatic heterocycles. The summed E-state index contributed by atoms with van der Waals surface area (Å²) in [6, 6.07) is 9.58. The third kappa shape index (κ3) is 2.67. The molecular weight excluding hydrogens is 264 g/mol. The molecule has 0 saturated carbocycles. The molecule has 0 atom stereocenters. The lowest BCUT2D eigenvalue weighted by Crippen LogP contribution is -2.18. The molecule has 0 radical (unpaired) electrons. The molecule has 3 rings (SSSR count). The number of nitrogens with zero attached hydrogens (tertiary/aromatic N) is 3. The van der Waals surface area contributed by atoms with Crippen molar-refractivity contribution >= 4 is 16.6 Å². The van der Waals surface area contributed by atoms with Crippen LogP contribution < -0.4 is 10.9 Å². The summed E-state index contributed by atoms with van der Waals surface area (Å²) in [7, 11) is 3.70. The van der Waals surface area contributed by atoms with Crippen molar-refractivity contribution in [3.05, 3.63) is 58.6 Å². The third-order valence-corrected chi connectivity index (χ3v) is 3.64. The standard InChI is InChI=1S/C16H18N4O/c1-19-11-12(10-18-19)7-8-17-14-9-16(21)20(2)15-6-4-3-5-13(14)15/h3-6,9-11,17H,7-8H2,1-2H3. The van der Waals surface area contributed by atoms with Crippen LogP contribution in [-0.2, 0) is 20.5 Å². The normalized spacial score (nSPS) is 11.0. The van der Waals surface area contributed by atoms with E-state index < -0.39 is 0 Å². The Morgan fingerprint density at radius 2 is 2.05 bits per heavy atom. The van der Waals surface area contributed by atoms with E-state index in [2.05, 4.69) is 10.4 Å². The fourth-order valence-corrected chi connectivity index (χ4v) is 2.50. The molecule has 21 heavy (non-hydrogen) atoms. The van der Waals surface area contributed by atoms with Crippen molar-refractivity contribution in [2.24, 2.45) is 14.1 Å². The van der Waals surface area contributed by atoms with Crippen molar-refractivity contribution in [2.45, 2.75) is 6.42 Å². The first-order chi connectivity index (χ1) is 10.1. The quantitative estimate of drug-likeness (QED) is 0.795. The van der Waals surface area contributed by atoms with Crippen molar-refractivity contribution in [3.63, 3.8) is 0 Å². The van der Waals surface area contributed by atoms with E-state index in [4.69, 9.17) is 0 Å². The van der Waals surface area contributed by atoms with Gasteiger partial charge in [-0.05, 0) is 18.1 Å². The Labute approximate surface area is 122 Å². The number of aryl methyl sites for hydroxylation is 2. The van der Waals surface area contributed by atoms with Crippen molar-refractivity contribution in [1.82, 2.24) is 14.3 Å². The summed E-state index contributed by atoms with van der Waals surface area (Å²) in [6.07, 6.45) is 4.74. The second-order valence-corrected chi connectivity index (χ2v) is 5.17. The van der Waals surface area contributed by atoms with E-state index in [-0.39, 0.29) is 5.56 Å². The first-order valence-corrected chi connectivity index (χ1v) is 6.95. The van der Waals surface area contributed by atoms with Crippen LogP contribution >= 0.6 is 0 Å². The van der Waals surface area contributed by atoms with Crippen molar-refractivity contribution < 1.29 is 0 Å². The van der Waals surface area contributed by atoms with E-state index in [0.717, 1.165) is 29.6 Å². The number of para-hydroxylation sites is 1. The van der Waals surface area contributed by atoms with Gasteiger partial charge in [0.25, 0.3) is 5.56 Å². The van der Waals surface area contributed by atoms with Gasteiger partial charge in [0.2, 0.25) is 0 Å². The maximum Gasteiger partial charge on any atom is 0.252 e. The minimum atomic E-state index is -0.00224. The van der Waals surface area contributed by atoms with Crippen LogP contribution in [0.25, 0.3) is 10.9 Å². The van der Waals surface area contributed by atoms with Gasteiger partial charge in [0.05, 0.1) is 11.7 Å². The van der Waals surface area contributed by atoms with Crippen LogP contribution in [0.2, 0.25) is 0 Å². The highest BCUT2D eigenvalue weighted by Crippen LogP contribution is 2.20. The summed E-state index contributed by atoms with van der Waals surface area (Å²) in [5.74, 6) is 0. The fourth-order valence-electron chi connectivity index (χ4n) is 2.50. The van der Waals surface area contributed by atoms with Crippen LogP contribution in [0.5, 0.6) is 0 Å². The molecular formula is C16H18N4O. The Morgan fingerprint density at radius 3 is 2.81 bits per heavy atom. The van der Waals surface area contributed by atoms with Crippen LogP contribution in [0.4, 0.5) is 5.69 Å². The molecule has 3 aromatic rings. The van der Waals surface area contributed by atoms with Gasteiger partial charge >= 0.3 is 0 Å². The summed E-state index contributed by atoms with van der Waals surface area (Å²) in [6.45, 7) is 0.767. The van der Waals surface area contributed by atoms with Crippen molar-refractivity contribution in [3.8, 4) is 0 Å². The Morgan fingerprint density at radius 1 is 1.24 bits per heavy atom. The summed E-state index contributed by atoms with van der Waals surface area (Å²) in [4.78, 5) is 12.0. The molecule has 1 aromatic carbocycles. The van der Waals surface area contributed by atoms with Gasteiger partial charge in [0.1, 0.15) is 0 Å². The minimum absolute atomic E-state index is 0.00224. The first kappa shape index (κ1) is 13.4. The number of fused-ring (bicyclic) bond motifs is 1. The Balaban J connectivity index is 1.84. The average molecular weight is 282 g/mol. The van der Waals surface area contributed by atoms with Gasteiger partial charge in [0.15, 0.2) is 0 Å². The molecule has 2 heterocycles. The van der Waals surface area contributed by atoms with Gasteiger partial charge in [-0.25, -0.2) is 0 Å². The van der Waals surface area contributed by atoms with Crippen LogP contribution in [0.3, 0.4) is 0 Å². The maximum absolute atomic E-state index is 12.0. The highest BCUT2D eigenvalue weighted by molar-refractivity contribution is 5.91. The van der Waals surface area contributed by atoms with E-state index in [9.17, 15) is 4.79 Å². The number of nitrogens with one attached hydrogen (secondary N) is 1. The number of anilines is 1. The van der Waals surface area contributed by atoms with Crippen LogP contribution in [0.15, 0.2) is 47.5 Å². The lowest BCUT2D eigenvalue weighted by atomic mass is 10.1. The van der Waals surface area contributed by atoms with Crippen molar-refractivity contribution in [1.29, 1.82) is 0 Å². The zero-order chi connectivity index (χ0) is 14.8. The number of rotatable bonds is 4. The van der Waals surface area contributed by atoms with Gasteiger partial charge in [0, 0.05) is 44.0 Å². The predicted octanol–water partition coefficient (Wildman–Crippen LogP) is 1.93. The summed E-state index contributed by atoms with van der Waals surface area (Å²) >= 11 is 0. The summed E-state index contributed by atoms with van der Waals surface area (Å²) in [5, 5.41) is 8.58. The zero-order valence-corrected chi connectivity index (χ0v) is 12.2. The molecule has 0 aliphatic rings. The summed E-state index contributed by atoms with van der Waals surface area (Å²) < 4.78 is 3.46. The largest absolute Gasteiger partial charge is 0.384 e. The number of aromatic nitrogens is 3. The Kier molecular flexibility index (Phi) is 3.48. The topological polar surface area (TPSA) is 51.9 Å².